The topological polar surface area (TPSA) is 54.3 Å². The number of amides is 2. The van der Waals surface area contributed by atoms with E-state index in [-0.39, 0.29) is 18.4 Å². The van der Waals surface area contributed by atoms with E-state index in [1.165, 1.54) is 5.56 Å². The summed E-state index contributed by atoms with van der Waals surface area (Å²) in [5.74, 6) is -0.332. The van der Waals surface area contributed by atoms with Crippen LogP contribution in [0.1, 0.15) is 27.3 Å². The molecule has 142 valence electrons. The Balaban J connectivity index is 1.40. The van der Waals surface area contributed by atoms with Gasteiger partial charge in [0.2, 0.25) is 5.91 Å². The lowest BCUT2D eigenvalue weighted by Crippen LogP contribution is -2.39. The second-order valence-electron chi connectivity index (χ2n) is 7.11. The number of aromatic nitrogens is 1. The number of carbonyl (C=O) groups excluding carboxylic acids is 2. The molecule has 1 aliphatic rings. The van der Waals surface area contributed by atoms with Crippen molar-refractivity contribution in [2.45, 2.75) is 20.3 Å². The van der Waals surface area contributed by atoms with Crippen LogP contribution in [-0.4, -0.2) is 29.5 Å². The third kappa shape index (κ3) is 3.31. The molecule has 0 aliphatic carbocycles. The van der Waals surface area contributed by atoms with E-state index in [1.807, 2.05) is 36.4 Å². The maximum atomic E-state index is 12.5. The normalized spacial score (nSPS) is 12.7. The maximum Gasteiger partial charge on any atom is 0.251 e. The average Bonchev–Trinajstić information content (AvgIpc) is 3.29. The fourth-order valence-corrected chi connectivity index (χ4v) is 3.79. The van der Waals surface area contributed by atoms with Crippen LogP contribution < -0.4 is 10.2 Å². The molecule has 0 spiro atoms. The zero-order chi connectivity index (χ0) is 19.7. The molecule has 2 amide bonds. The van der Waals surface area contributed by atoms with Crippen LogP contribution in [0.15, 0.2) is 60.7 Å². The second-order valence-corrected chi connectivity index (χ2v) is 7.11. The van der Waals surface area contributed by atoms with Gasteiger partial charge in [-0.15, -0.1) is 0 Å². The number of rotatable bonds is 4. The number of benzene rings is 2. The first-order chi connectivity index (χ1) is 13.5. The molecule has 1 N–H and O–H groups in total. The average molecular weight is 373 g/mol. The highest BCUT2D eigenvalue weighted by Crippen LogP contribution is 2.27. The first-order valence-electron chi connectivity index (χ1n) is 9.46. The summed E-state index contributed by atoms with van der Waals surface area (Å²) in [6.07, 6.45) is 0.857. The predicted octanol–water partition coefficient (Wildman–Crippen LogP) is 3.41. The number of aryl methyl sites for hydroxylation is 2. The van der Waals surface area contributed by atoms with Gasteiger partial charge in [-0.2, -0.15) is 0 Å². The fourth-order valence-electron chi connectivity index (χ4n) is 3.79. The Labute approximate surface area is 164 Å². The van der Waals surface area contributed by atoms with Crippen molar-refractivity contribution in [3.63, 3.8) is 0 Å². The van der Waals surface area contributed by atoms with Crippen LogP contribution in [-0.2, 0) is 11.2 Å². The van der Waals surface area contributed by atoms with Crippen LogP contribution in [0.2, 0.25) is 0 Å². The van der Waals surface area contributed by atoms with Gasteiger partial charge in [-0.05, 0) is 68.3 Å². The highest BCUT2D eigenvalue weighted by atomic mass is 16.2. The molecule has 0 saturated carbocycles. The minimum Gasteiger partial charge on any atom is -0.343 e. The van der Waals surface area contributed by atoms with E-state index >= 15 is 0 Å². The molecular formula is C23H23N3O2. The van der Waals surface area contributed by atoms with Crippen molar-refractivity contribution in [2.24, 2.45) is 0 Å². The molecule has 4 rings (SSSR count). The van der Waals surface area contributed by atoms with Crippen LogP contribution >= 0.6 is 0 Å². The Morgan fingerprint density at radius 2 is 1.61 bits per heavy atom. The summed E-state index contributed by atoms with van der Waals surface area (Å²) in [5.41, 5.74) is 5.97. The minimum atomic E-state index is -0.242. The molecule has 2 heterocycles. The molecule has 5 nitrogen and oxygen atoms in total. The van der Waals surface area contributed by atoms with E-state index in [9.17, 15) is 9.59 Å². The van der Waals surface area contributed by atoms with Gasteiger partial charge >= 0.3 is 0 Å². The maximum absolute atomic E-state index is 12.5. The Bertz CT molecular complexity index is 1010. The number of nitrogens with one attached hydrogen (secondary N) is 1. The molecule has 2 aromatic carbocycles. The molecule has 0 bridgehead atoms. The van der Waals surface area contributed by atoms with Gasteiger partial charge in [-0.25, -0.2) is 0 Å². The van der Waals surface area contributed by atoms with Crippen molar-refractivity contribution in [1.29, 1.82) is 0 Å². The third-order valence-corrected chi connectivity index (χ3v) is 5.25. The lowest BCUT2D eigenvalue weighted by molar-refractivity contribution is -0.117. The van der Waals surface area contributed by atoms with E-state index in [1.54, 1.807) is 17.0 Å². The molecule has 0 fully saturated rings. The second kappa shape index (κ2) is 7.35. The molecule has 1 aromatic heterocycles. The number of anilines is 1. The lowest BCUT2D eigenvalue weighted by Gasteiger charge is -2.17. The summed E-state index contributed by atoms with van der Waals surface area (Å²) in [6, 6.07) is 19.5. The van der Waals surface area contributed by atoms with E-state index in [2.05, 4.69) is 35.9 Å². The van der Waals surface area contributed by atoms with E-state index in [0.29, 0.717) is 12.1 Å². The van der Waals surface area contributed by atoms with Gasteiger partial charge in [0.1, 0.15) is 0 Å². The molecule has 0 saturated heterocycles. The molecule has 0 unspecified atom stereocenters. The summed E-state index contributed by atoms with van der Waals surface area (Å²) in [5, 5.41) is 2.75. The quantitative estimate of drug-likeness (QED) is 0.762. The van der Waals surface area contributed by atoms with Crippen molar-refractivity contribution >= 4 is 17.5 Å². The van der Waals surface area contributed by atoms with Crippen molar-refractivity contribution in [3.05, 3.63) is 83.2 Å². The number of hydrogen-bond acceptors (Lipinski definition) is 2. The largest absolute Gasteiger partial charge is 0.343 e. The fraction of sp³-hybridized carbons (Fsp3) is 0.217. The number of carbonyl (C=O) groups is 2. The van der Waals surface area contributed by atoms with Gasteiger partial charge in [-0.1, -0.05) is 18.2 Å². The van der Waals surface area contributed by atoms with Crippen molar-refractivity contribution in [1.82, 2.24) is 9.88 Å². The molecule has 28 heavy (non-hydrogen) atoms. The van der Waals surface area contributed by atoms with Gasteiger partial charge in [0.25, 0.3) is 5.91 Å². The molecule has 1 aliphatic heterocycles. The van der Waals surface area contributed by atoms with Crippen LogP contribution in [0.4, 0.5) is 5.69 Å². The minimum absolute atomic E-state index is 0.00919. The SMILES string of the molecule is Cc1ccc(C)n1-c1ccc(C(=O)NCC(=O)N2CCc3ccccc32)cc1. The van der Waals surface area contributed by atoms with Crippen molar-refractivity contribution in [2.75, 3.05) is 18.0 Å². The molecule has 5 heteroatoms. The Morgan fingerprint density at radius 1 is 0.929 bits per heavy atom. The zero-order valence-corrected chi connectivity index (χ0v) is 16.1. The van der Waals surface area contributed by atoms with Crippen LogP contribution in [0.5, 0.6) is 0 Å². The van der Waals surface area contributed by atoms with Gasteiger partial charge < -0.3 is 14.8 Å². The monoisotopic (exact) mass is 373 g/mol. The zero-order valence-electron chi connectivity index (χ0n) is 16.1. The van der Waals surface area contributed by atoms with E-state index < -0.39 is 0 Å². The van der Waals surface area contributed by atoms with Crippen LogP contribution in [0.3, 0.4) is 0 Å². The van der Waals surface area contributed by atoms with Crippen molar-refractivity contribution in [3.8, 4) is 5.69 Å². The van der Waals surface area contributed by atoms with Gasteiger partial charge in [0, 0.05) is 34.9 Å². The van der Waals surface area contributed by atoms with Crippen LogP contribution in [0.25, 0.3) is 5.69 Å². The van der Waals surface area contributed by atoms with E-state index in [0.717, 1.165) is 29.2 Å². The molecule has 0 atom stereocenters. The van der Waals surface area contributed by atoms with E-state index in [4.69, 9.17) is 0 Å². The predicted molar refractivity (Wildman–Crippen MR) is 110 cm³/mol. The Morgan fingerprint density at radius 3 is 2.32 bits per heavy atom. The Kier molecular flexibility index (Phi) is 4.74. The first kappa shape index (κ1) is 18.0. The number of para-hydroxylation sites is 1. The smallest absolute Gasteiger partial charge is 0.251 e. The number of hydrogen-bond donors (Lipinski definition) is 1. The van der Waals surface area contributed by atoms with Crippen molar-refractivity contribution < 1.29 is 9.59 Å². The van der Waals surface area contributed by atoms with Crippen LogP contribution in [0, 0.1) is 13.8 Å². The molecule has 0 radical (unpaired) electrons. The summed E-state index contributed by atoms with van der Waals surface area (Å²) < 4.78 is 2.13. The summed E-state index contributed by atoms with van der Waals surface area (Å²) >= 11 is 0. The molecular weight excluding hydrogens is 350 g/mol. The summed E-state index contributed by atoms with van der Waals surface area (Å²) in [6.45, 7) is 4.76. The number of fused-ring (bicyclic) bond motifs is 1. The van der Waals surface area contributed by atoms with Gasteiger partial charge in [-0.3, -0.25) is 9.59 Å². The Hall–Kier alpha value is -3.34. The highest BCUT2D eigenvalue weighted by Gasteiger charge is 2.24. The summed E-state index contributed by atoms with van der Waals surface area (Å²) in [7, 11) is 0. The number of nitrogens with zero attached hydrogens (tertiary/aromatic N) is 2. The van der Waals surface area contributed by atoms with Gasteiger partial charge in [0.15, 0.2) is 0 Å². The standard InChI is InChI=1S/C23H23N3O2/c1-16-7-8-17(2)26(16)20-11-9-19(10-12-20)23(28)24-15-22(27)25-14-13-18-5-3-4-6-21(18)25/h3-12H,13-15H2,1-2H3,(H,24,28). The first-order valence-corrected chi connectivity index (χ1v) is 9.46. The lowest BCUT2D eigenvalue weighted by atomic mass is 10.2. The molecule has 3 aromatic rings. The van der Waals surface area contributed by atoms with Gasteiger partial charge in [0.05, 0.1) is 6.54 Å². The third-order valence-electron chi connectivity index (χ3n) is 5.25. The highest BCUT2D eigenvalue weighted by molar-refractivity contribution is 6.01. The summed E-state index contributed by atoms with van der Waals surface area (Å²) in [4.78, 5) is 26.7.